The van der Waals surface area contributed by atoms with Gasteiger partial charge in [-0.25, -0.2) is 13.8 Å². The van der Waals surface area contributed by atoms with Gasteiger partial charge in [-0.05, 0) is 42.6 Å². The molecular formula is C32H28F2N6O3S. The summed E-state index contributed by atoms with van der Waals surface area (Å²) < 4.78 is 43.8. The first kappa shape index (κ1) is 29.1. The van der Waals surface area contributed by atoms with Gasteiger partial charge in [-0.1, -0.05) is 12.6 Å². The molecule has 1 amide bonds. The zero-order valence-electron chi connectivity index (χ0n) is 24.1. The van der Waals surface area contributed by atoms with Gasteiger partial charge in [-0.2, -0.15) is 10.2 Å². The monoisotopic (exact) mass is 614 g/mol. The quantitative estimate of drug-likeness (QED) is 0.134. The van der Waals surface area contributed by atoms with E-state index in [1.165, 1.54) is 24.5 Å². The standard InChI is InChI=1S/C32H28F2N6O3S/c1-5-27(41)35-17(2)24-15-25(38-37-24)31-29(28-22(34)13-20(33)14-26(28)43-10-9-42-4)32-21(8-11-44-32)30(36-31)18-6-7-23-19(12-18)16-40(3)39-23/h5-8,11-17H,1,9-10H2,2-4H3,(H,35,41)(H,37,38)/t17-/m1/s1. The fourth-order valence-corrected chi connectivity index (χ4v) is 6.08. The molecule has 0 spiro atoms. The molecule has 2 aromatic carbocycles. The van der Waals surface area contributed by atoms with Crippen molar-refractivity contribution in [3.63, 3.8) is 0 Å². The maximum Gasteiger partial charge on any atom is 0.243 e. The van der Waals surface area contributed by atoms with Gasteiger partial charge < -0.3 is 14.8 Å². The van der Waals surface area contributed by atoms with Crippen LogP contribution in [0, 0.1) is 11.6 Å². The van der Waals surface area contributed by atoms with E-state index in [0.717, 1.165) is 38.7 Å². The van der Waals surface area contributed by atoms with Crippen molar-refractivity contribution >= 4 is 38.2 Å². The van der Waals surface area contributed by atoms with E-state index in [9.17, 15) is 9.18 Å². The molecule has 4 heterocycles. The van der Waals surface area contributed by atoms with E-state index in [-0.39, 0.29) is 30.4 Å². The summed E-state index contributed by atoms with van der Waals surface area (Å²) >= 11 is 1.41. The number of aromatic nitrogens is 5. The number of amides is 1. The van der Waals surface area contributed by atoms with Crippen LogP contribution in [-0.4, -0.2) is 51.2 Å². The van der Waals surface area contributed by atoms with Gasteiger partial charge in [0, 0.05) is 59.1 Å². The number of methoxy groups -OCH3 is 1. The Labute approximate surface area is 255 Å². The summed E-state index contributed by atoms with van der Waals surface area (Å²) in [7, 11) is 3.38. The second-order valence-corrected chi connectivity index (χ2v) is 11.1. The molecule has 4 aromatic heterocycles. The summed E-state index contributed by atoms with van der Waals surface area (Å²) in [4.78, 5) is 17.1. The van der Waals surface area contributed by atoms with E-state index in [0.29, 0.717) is 28.3 Å². The molecule has 0 bridgehead atoms. The Hall–Kier alpha value is -4.94. The number of H-pyrrole nitrogens is 1. The summed E-state index contributed by atoms with van der Waals surface area (Å²) in [6.07, 6.45) is 3.11. The van der Waals surface area contributed by atoms with Crippen LogP contribution in [0.3, 0.4) is 0 Å². The van der Waals surface area contributed by atoms with E-state index < -0.39 is 17.7 Å². The molecule has 0 radical (unpaired) electrons. The minimum absolute atomic E-state index is 0.0178. The molecule has 0 fully saturated rings. The second kappa shape index (κ2) is 12.0. The van der Waals surface area contributed by atoms with Gasteiger partial charge in [-0.3, -0.25) is 14.6 Å². The number of nitrogens with one attached hydrogen (secondary N) is 2. The fraction of sp³-hybridized carbons (Fsp3) is 0.188. The zero-order chi connectivity index (χ0) is 31.0. The number of thiophene rings is 1. The predicted octanol–water partition coefficient (Wildman–Crippen LogP) is 6.57. The van der Waals surface area contributed by atoms with Crippen molar-refractivity contribution in [2.24, 2.45) is 7.05 Å². The summed E-state index contributed by atoms with van der Waals surface area (Å²) in [6, 6.07) is 11.1. The number of benzene rings is 2. The van der Waals surface area contributed by atoms with Crippen LogP contribution in [0.15, 0.2) is 66.7 Å². The lowest BCUT2D eigenvalue weighted by Gasteiger charge is -2.17. The van der Waals surface area contributed by atoms with Crippen LogP contribution >= 0.6 is 11.3 Å². The Morgan fingerprint density at radius 1 is 1.16 bits per heavy atom. The number of ether oxygens (including phenoxy) is 2. The lowest BCUT2D eigenvalue weighted by molar-refractivity contribution is -0.117. The number of aromatic amines is 1. The van der Waals surface area contributed by atoms with Crippen molar-refractivity contribution in [3.05, 3.63) is 84.0 Å². The average molecular weight is 615 g/mol. The third-order valence-electron chi connectivity index (χ3n) is 7.16. The minimum atomic E-state index is -0.804. The maximum atomic E-state index is 15.9. The summed E-state index contributed by atoms with van der Waals surface area (Å²) in [5.41, 5.74) is 4.16. The molecule has 0 unspecified atom stereocenters. The number of halogens is 2. The normalized spacial score (nSPS) is 12.1. The molecule has 224 valence electrons. The maximum absolute atomic E-state index is 15.9. The number of carbonyl (C=O) groups excluding carboxylic acids is 1. The van der Waals surface area contributed by atoms with Crippen molar-refractivity contribution in [3.8, 4) is 39.5 Å². The fourth-order valence-electron chi connectivity index (χ4n) is 5.13. The Morgan fingerprint density at radius 2 is 2.00 bits per heavy atom. The van der Waals surface area contributed by atoms with Crippen LogP contribution in [0.2, 0.25) is 0 Å². The number of pyridine rings is 1. The molecule has 0 saturated heterocycles. The van der Waals surface area contributed by atoms with Gasteiger partial charge in [0.05, 0.1) is 35.1 Å². The van der Waals surface area contributed by atoms with Gasteiger partial charge in [0.1, 0.15) is 35.4 Å². The van der Waals surface area contributed by atoms with E-state index in [1.807, 2.05) is 42.9 Å². The Balaban J connectivity index is 1.61. The van der Waals surface area contributed by atoms with Crippen LogP contribution in [0.5, 0.6) is 5.75 Å². The van der Waals surface area contributed by atoms with Crippen molar-refractivity contribution in [1.29, 1.82) is 0 Å². The summed E-state index contributed by atoms with van der Waals surface area (Å²) in [5, 5.41) is 18.4. The molecule has 0 aliphatic rings. The van der Waals surface area contributed by atoms with Crippen molar-refractivity contribution < 1.29 is 23.0 Å². The van der Waals surface area contributed by atoms with E-state index in [2.05, 4.69) is 27.2 Å². The smallest absolute Gasteiger partial charge is 0.243 e. The molecular weight excluding hydrogens is 586 g/mol. The van der Waals surface area contributed by atoms with Crippen molar-refractivity contribution in [1.82, 2.24) is 30.3 Å². The number of nitrogens with zero attached hydrogens (tertiary/aromatic N) is 4. The first-order valence-electron chi connectivity index (χ1n) is 13.7. The largest absolute Gasteiger partial charge is 0.490 e. The molecule has 2 N–H and O–H groups in total. The van der Waals surface area contributed by atoms with Crippen LogP contribution < -0.4 is 10.1 Å². The lowest BCUT2D eigenvalue weighted by atomic mass is 9.96. The molecule has 6 aromatic rings. The van der Waals surface area contributed by atoms with Gasteiger partial charge in [0.25, 0.3) is 0 Å². The van der Waals surface area contributed by atoms with E-state index >= 15 is 4.39 Å². The Bertz CT molecular complexity index is 2030. The van der Waals surface area contributed by atoms with Crippen LogP contribution in [0.4, 0.5) is 8.78 Å². The number of hydrogen-bond donors (Lipinski definition) is 2. The van der Waals surface area contributed by atoms with Crippen molar-refractivity contribution in [2.75, 3.05) is 20.3 Å². The Morgan fingerprint density at radius 3 is 2.80 bits per heavy atom. The Kier molecular flexibility index (Phi) is 7.93. The lowest BCUT2D eigenvalue weighted by Crippen LogP contribution is -2.24. The van der Waals surface area contributed by atoms with Gasteiger partial charge in [-0.15, -0.1) is 11.3 Å². The van der Waals surface area contributed by atoms with Crippen LogP contribution in [0.1, 0.15) is 18.7 Å². The zero-order valence-corrected chi connectivity index (χ0v) is 25.0. The van der Waals surface area contributed by atoms with E-state index in [4.69, 9.17) is 14.5 Å². The van der Waals surface area contributed by atoms with Gasteiger partial charge >= 0.3 is 0 Å². The number of hydrogen-bond acceptors (Lipinski definition) is 7. The number of fused-ring (bicyclic) bond motifs is 2. The highest BCUT2D eigenvalue weighted by atomic mass is 32.1. The molecule has 44 heavy (non-hydrogen) atoms. The number of carbonyl (C=O) groups is 1. The van der Waals surface area contributed by atoms with Crippen molar-refractivity contribution in [2.45, 2.75) is 13.0 Å². The molecule has 9 nitrogen and oxygen atoms in total. The molecule has 1 atom stereocenters. The molecule has 6 rings (SSSR count). The summed E-state index contributed by atoms with van der Waals surface area (Å²) in [5.74, 6) is -1.90. The highest BCUT2D eigenvalue weighted by Gasteiger charge is 2.27. The third kappa shape index (κ3) is 5.45. The SMILES string of the molecule is C=CC(=O)N[C@H](C)c1cc(-c2nc(-c3ccc4nn(C)cc4c3)c3ccsc3c2-c2c(F)cc(F)cc2OCCOC)n[nH]1. The highest BCUT2D eigenvalue weighted by molar-refractivity contribution is 7.18. The average Bonchev–Trinajstić information content (AvgIpc) is 3.75. The number of rotatable bonds is 10. The molecule has 0 aliphatic heterocycles. The van der Waals surface area contributed by atoms with Gasteiger partial charge in [0.15, 0.2) is 0 Å². The third-order valence-corrected chi connectivity index (χ3v) is 8.10. The first-order valence-corrected chi connectivity index (χ1v) is 14.6. The summed E-state index contributed by atoms with van der Waals surface area (Å²) in [6.45, 7) is 5.61. The van der Waals surface area contributed by atoms with E-state index in [1.54, 1.807) is 17.7 Å². The topological polar surface area (TPSA) is 107 Å². The van der Waals surface area contributed by atoms with Crippen LogP contribution in [0.25, 0.3) is 54.8 Å². The molecule has 0 saturated carbocycles. The minimum Gasteiger partial charge on any atom is -0.490 e. The number of aryl methyl sites for hydroxylation is 1. The van der Waals surface area contributed by atoms with Gasteiger partial charge in [0.2, 0.25) is 5.91 Å². The predicted molar refractivity (Wildman–Crippen MR) is 166 cm³/mol. The first-order chi connectivity index (χ1) is 21.3. The molecule has 0 aliphatic carbocycles. The molecule has 12 heteroatoms. The highest BCUT2D eigenvalue weighted by Crippen LogP contribution is 2.47. The second-order valence-electron chi connectivity index (χ2n) is 10.2. The van der Waals surface area contributed by atoms with Crippen LogP contribution in [-0.2, 0) is 16.6 Å².